The summed E-state index contributed by atoms with van der Waals surface area (Å²) in [7, 11) is -3.84. The zero-order valence-electron chi connectivity index (χ0n) is 19.3. The van der Waals surface area contributed by atoms with E-state index in [1.54, 1.807) is 25.1 Å². The van der Waals surface area contributed by atoms with Crippen molar-refractivity contribution in [1.29, 1.82) is 0 Å². The molecule has 12 heteroatoms. The average Bonchev–Trinajstić information content (AvgIpc) is 3.18. The van der Waals surface area contributed by atoms with Crippen molar-refractivity contribution in [2.75, 3.05) is 16.6 Å². The Morgan fingerprint density at radius 2 is 1.89 bits per heavy atom. The number of nitrogens with zero attached hydrogens (tertiary/aromatic N) is 1. The SMILES string of the molecule is Cc1cc(NS(=O)(=O)c2ccc(NC(=S)NC(=O)c3ccc(OCCC(C)C)c(Br)c3)cc2)no1. The molecule has 2 aromatic carbocycles. The van der Waals surface area contributed by atoms with Gasteiger partial charge in [-0.25, -0.2) is 8.42 Å². The topological polar surface area (TPSA) is 123 Å². The van der Waals surface area contributed by atoms with E-state index < -0.39 is 15.9 Å². The van der Waals surface area contributed by atoms with Crippen LogP contribution in [-0.4, -0.2) is 31.2 Å². The van der Waals surface area contributed by atoms with Crippen LogP contribution in [0.2, 0.25) is 0 Å². The molecule has 0 radical (unpaired) electrons. The van der Waals surface area contributed by atoms with Crippen molar-refractivity contribution >= 4 is 60.7 Å². The van der Waals surface area contributed by atoms with Crippen LogP contribution < -0.4 is 20.1 Å². The van der Waals surface area contributed by atoms with Crippen molar-refractivity contribution in [1.82, 2.24) is 10.5 Å². The maximum absolute atomic E-state index is 12.6. The predicted octanol–water partition coefficient (Wildman–Crippen LogP) is 5.10. The Hall–Kier alpha value is -2.96. The largest absolute Gasteiger partial charge is 0.492 e. The summed E-state index contributed by atoms with van der Waals surface area (Å²) in [5, 5.41) is 9.14. The number of carbonyl (C=O) groups is 1. The number of benzene rings is 2. The number of thiocarbonyl (C=S) groups is 1. The first-order valence-electron chi connectivity index (χ1n) is 10.6. The standard InChI is InChI=1S/C23H25BrN4O5S2/c1-14(2)10-11-32-20-9-4-16(13-19(20)24)22(29)26-23(34)25-17-5-7-18(8-6-17)35(30,31)28-21-12-15(3)33-27-21/h4-9,12-14H,10-11H2,1-3H3,(H,27,28)(H2,25,26,29,34). The molecule has 0 bridgehead atoms. The van der Waals surface area contributed by atoms with Gasteiger partial charge in [-0.3, -0.25) is 14.8 Å². The summed E-state index contributed by atoms with van der Waals surface area (Å²) >= 11 is 8.65. The minimum Gasteiger partial charge on any atom is -0.492 e. The number of nitrogens with one attached hydrogen (secondary N) is 3. The summed E-state index contributed by atoms with van der Waals surface area (Å²) in [4.78, 5) is 12.6. The first-order valence-corrected chi connectivity index (χ1v) is 13.3. The summed E-state index contributed by atoms with van der Waals surface area (Å²) in [6, 6.07) is 12.4. The van der Waals surface area contributed by atoms with Crippen molar-refractivity contribution < 1.29 is 22.5 Å². The molecule has 3 rings (SSSR count). The first kappa shape index (κ1) is 26.6. The molecule has 0 atom stereocenters. The van der Waals surface area contributed by atoms with E-state index in [1.807, 2.05) is 0 Å². The van der Waals surface area contributed by atoms with Crippen LogP contribution in [0.15, 0.2) is 62.4 Å². The molecule has 1 amide bonds. The van der Waals surface area contributed by atoms with Crippen molar-refractivity contribution in [3.63, 3.8) is 0 Å². The van der Waals surface area contributed by atoms with E-state index in [4.69, 9.17) is 21.5 Å². The Balaban J connectivity index is 1.56. The number of aryl methyl sites for hydroxylation is 1. The molecule has 186 valence electrons. The van der Waals surface area contributed by atoms with Gasteiger partial charge in [0.25, 0.3) is 15.9 Å². The number of rotatable bonds is 9. The van der Waals surface area contributed by atoms with Gasteiger partial charge in [0, 0.05) is 17.3 Å². The molecule has 0 saturated heterocycles. The maximum atomic E-state index is 12.6. The number of carbonyl (C=O) groups excluding carboxylic acids is 1. The lowest BCUT2D eigenvalue weighted by Gasteiger charge is -2.12. The van der Waals surface area contributed by atoms with E-state index >= 15 is 0 Å². The second-order valence-corrected chi connectivity index (χ2v) is 11.0. The fourth-order valence-electron chi connectivity index (χ4n) is 2.83. The lowest BCUT2D eigenvalue weighted by atomic mass is 10.1. The van der Waals surface area contributed by atoms with Gasteiger partial charge in [-0.05, 0) is 89.9 Å². The number of hydrogen-bond donors (Lipinski definition) is 3. The number of aromatic nitrogens is 1. The third kappa shape index (κ3) is 7.77. The van der Waals surface area contributed by atoms with Crippen molar-refractivity contribution in [3.8, 4) is 5.75 Å². The molecule has 3 aromatic rings. The summed E-state index contributed by atoms with van der Waals surface area (Å²) in [5.74, 6) is 1.37. The third-order valence-electron chi connectivity index (χ3n) is 4.66. The molecule has 9 nitrogen and oxygen atoms in total. The van der Waals surface area contributed by atoms with Gasteiger partial charge in [0.1, 0.15) is 11.5 Å². The van der Waals surface area contributed by atoms with Crippen LogP contribution in [-0.2, 0) is 10.0 Å². The molecule has 0 unspecified atom stereocenters. The number of ether oxygens (including phenoxy) is 1. The fourth-order valence-corrected chi connectivity index (χ4v) is 4.52. The molecule has 0 spiro atoms. The van der Waals surface area contributed by atoms with Gasteiger partial charge in [0.2, 0.25) is 0 Å². The van der Waals surface area contributed by atoms with E-state index in [-0.39, 0.29) is 15.8 Å². The highest BCUT2D eigenvalue weighted by Crippen LogP contribution is 2.26. The van der Waals surface area contributed by atoms with Crippen LogP contribution in [0.3, 0.4) is 0 Å². The quantitative estimate of drug-likeness (QED) is 0.299. The summed E-state index contributed by atoms with van der Waals surface area (Å²) in [6.07, 6.45) is 0.930. The average molecular weight is 582 g/mol. The molecule has 0 saturated carbocycles. The summed E-state index contributed by atoms with van der Waals surface area (Å²) < 4.78 is 38.6. The highest BCUT2D eigenvalue weighted by molar-refractivity contribution is 9.10. The number of hydrogen-bond acceptors (Lipinski definition) is 7. The number of anilines is 2. The minimum atomic E-state index is -3.84. The van der Waals surface area contributed by atoms with Gasteiger partial charge in [0.15, 0.2) is 10.9 Å². The molecule has 0 fully saturated rings. The monoisotopic (exact) mass is 580 g/mol. The molecule has 0 aliphatic heterocycles. The molecule has 0 aliphatic carbocycles. The number of halogens is 1. The highest BCUT2D eigenvalue weighted by atomic mass is 79.9. The lowest BCUT2D eigenvalue weighted by Crippen LogP contribution is -2.34. The smallest absolute Gasteiger partial charge is 0.263 e. The van der Waals surface area contributed by atoms with Gasteiger partial charge < -0.3 is 14.6 Å². The van der Waals surface area contributed by atoms with Crippen LogP contribution in [0.1, 0.15) is 36.4 Å². The van der Waals surface area contributed by atoms with Crippen LogP contribution in [0, 0.1) is 12.8 Å². The van der Waals surface area contributed by atoms with Gasteiger partial charge >= 0.3 is 0 Å². The van der Waals surface area contributed by atoms with Crippen LogP contribution in [0.4, 0.5) is 11.5 Å². The van der Waals surface area contributed by atoms with E-state index in [1.165, 1.54) is 30.3 Å². The Morgan fingerprint density at radius 1 is 1.17 bits per heavy atom. The molecular weight excluding hydrogens is 556 g/mol. The minimum absolute atomic E-state index is 0.0270. The second kappa shape index (κ2) is 11.6. The zero-order chi connectivity index (χ0) is 25.6. The first-order chi connectivity index (χ1) is 16.5. The highest BCUT2D eigenvalue weighted by Gasteiger charge is 2.17. The van der Waals surface area contributed by atoms with Crippen LogP contribution in [0.25, 0.3) is 0 Å². The molecule has 0 aliphatic rings. The molecule has 3 N–H and O–H groups in total. The zero-order valence-corrected chi connectivity index (χ0v) is 22.5. The molecule has 35 heavy (non-hydrogen) atoms. The second-order valence-electron chi connectivity index (χ2n) is 8.04. The predicted molar refractivity (Wildman–Crippen MR) is 141 cm³/mol. The van der Waals surface area contributed by atoms with Crippen molar-refractivity contribution in [2.45, 2.75) is 32.1 Å². The Labute approximate surface area is 217 Å². The van der Waals surface area contributed by atoms with E-state index in [2.05, 4.69) is 50.3 Å². The fraction of sp³-hybridized carbons (Fsp3) is 0.261. The lowest BCUT2D eigenvalue weighted by molar-refractivity contribution is 0.0977. The van der Waals surface area contributed by atoms with Crippen LogP contribution >= 0.6 is 28.1 Å². The molecule has 1 aromatic heterocycles. The Bertz CT molecular complexity index is 1310. The van der Waals surface area contributed by atoms with E-state index in [0.717, 1.165) is 6.42 Å². The normalized spacial score (nSPS) is 11.2. The van der Waals surface area contributed by atoms with Gasteiger partial charge in [-0.2, -0.15) is 0 Å². The number of amides is 1. The van der Waals surface area contributed by atoms with Gasteiger partial charge in [-0.1, -0.05) is 19.0 Å². The van der Waals surface area contributed by atoms with E-state index in [9.17, 15) is 13.2 Å². The van der Waals surface area contributed by atoms with E-state index in [0.29, 0.717) is 39.8 Å². The van der Waals surface area contributed by atoms with Crippen molar-refractivity contribution in [3.05, 3.63) is 64.3 Å². The van der Waals surface area contributed by atoms with Crippen LogP contribution in [0.5, 0.6) is 5.75 Å². The van der Waals surface area contributed by atoms with Gasteiger partial charge in [0.05, 0.1) is 16.0 Å². The third-order valence-corrected chi connectivity index (χ3v) is 6.86. The molecular formula is C23H25BrN4O5S2. The molecule has 1 heterocycles. The maximum Gasteiger partial charge on any atom is 0.263 e. The van der Waals surface area contributed by atoms with Crippen molar-refractivity contribution in [2.24, 2.45) is 5.92 Å². The Morgan fingerprint density at radius 3 is 2.49 bits per heavy atom. The summed E-state index contributed by atoms with van der Waals surface area (Å²) in [5.41, 5.74) is 0.898. The van der Waals surface area contributed by atoms with Gasteiger partial charge in [-0.15, -0.1) is 0 Å². The Kier molecular flexibility index (Phi) is 8.87. The summed E-state index contributed by atoms with van der Waals surface area (Å²) in [6.45, 7) is 6.49. The number of sulfonamides is 1.